The van der Waals surface area contributed by atoms with Gasteiger partial charge < -0.3 is 5.73 Å². The summed E-state index contributed by atoms with van der Waals surface area (Å²) >= 11 is 6.10. The van der Waals surface area contributed by atoms with Gasteiger partial charge in [0.15, 0.2) is 0 Å². The van der Waals surface area contributed by atoms with Crippen LogP contribution in [-0.2, 0) is 0 Å². The first-order valence-corrected chi connectivity index (χ1v) is 5.48. The summed E-state index contributed by atoms with van der Waals surface area (Å²) in [6, 6.07) is 12.3. The molecule has 0 spiro atoms. The van der Waals surface area contributed by atoms with Crippen LogP contribution in [0.25, 0.3) is 10.8 Å². The van der Waals surface area contributed by atoms with E-state index in [1.54, 1.807) is 0 Å². The smallest absolute Gasteiger partial charge is 0.0484 e. The van der Waals surface area contributed by atoms with Gasteiger partial charge in [-0.25, -0.2) is 0 Å². The molecule has 15 heavy (non-hydrogen) atoms. The highest BCUT2D eigenvalue weighted by molar-refractivity contribution is 6.35. The van der Waals surface area contributed by atoms with Crippen molar-refractivity contribution < 1.29 is 0 Å². The van der Waals surface area contributed by atoms with Crippen LogP contribution >= 0.6 is 11.6 Å². The molecule has 0 aliphatic carbocycles. The lowest BCUT2D eigenvalue weighted by molar-refractivity contribution is 0.775. The summed E-state index contributed by atoms with van der Waals surface area (Å²) in [6.45, 7) is 2.80. The Bertz CT molecular complexity index is 479. The third-order valence-corrected chi connectivity index (χ3v) is 3.10. The van der Waals surface area contributed by atoms with Gasteiger partial charge >= 0.3 is 0 Å². The molecule has 1 unspecified atom stereocenters. The highest BCUT2D eigenvalue weighted by atomic mass is 35.5. The van der Waals surface area contributed by atoms with Gasteiger partial charge in [-0.3, -0.25) is 0 Å². The summed E-state index contributed by atoms with van der Waals surface area (Å²) in [6.07, 6.45) is 0. The zero-order valence-electron chi connectivity index (χ0n) is 8.70. The Kier molecular flexibility index (Phi) is 2.94. The monoisotopic (exact) mass is 219 g/mol. The van der Waals surface area contributed by atoms with Gasteiger partial charge in [-0.1, -0.05) is 48.9 Å². The maximum Gasteiger partial charge on any atom is 0.0484 e. The van der Waals surface area contributed by atoms with Gasteiger partial charge in [0.05, 0.1) is 0 Å². The van der Waals surface area contributed by atoms with E-state index in [2.05, 4.69) is 31.2 Å². The lowest BCUT2D eigenvalue weighted by Gasteiger charge is -2.10. The van der Waals surface area contributed by atoms with Gasteiger partial charge in [-0.05, 0) is 29.5 Å². The molecule has 0 radical (unpaired) electrons. The van der Waals surface area contributed by atoms with E-state index in [4.69, 9.17) is 17.3 Å². The number of hydrogen-bond donors (Lipinski definition) is 1. The van der Waals surface area contributed by atoms with E-state index < -0.39 is 0 Å². The van der Waals surface area contributed by atoms with Crippen molar-refractivity contribution in [3.63, 3.8) is 0 Å². The fourth-order valence-electron chi connectivity index (χ4n) is 1.71. The molecule has 2 aromatic carbocycles. The van der Waals surface area contributed by atoms with Crippen molar-refractivity contribution in [3.05, 3.63) is 47.0 Å². The minimum atomic E-state index is 0.397. The molecule has 2 heteroatoms. The maximum absolute atomic E-state index is 6.10. The van der Waals surface area contributed by atoms with E-state index in [-0.39, 0.29) is 0 Å². The van der Waals surface area contributed by atoms with E-state index in [1.807, 2.05) is 12.1 Å². The van der Waals surface area contributed by atoms with Crippen molar-refractivity contribution in [3.8, 4) is 0 Å². The molecule has 2 N–H and O–H groups in total. The van der Waals surface area contributed by atoms with Crippen LogP contribution in [0.15, 0.2) is 36.4 Å². The molecule has 1 nitrogen and oxygen atoms in total. The fourth-order valence-corrected chi connectivity index (χ4v) is 1.95. The molecule has 0 heterocycles. The Labute approximate surface area is 94.9 Å². The number of benzene rings is 2. The Hall–Kier alpha value is -1.05. The third kappa shape index (κ3) is 1.99. The van der Waals surface area contributed by atoms with Crippen LogP contribution in [0.5, 0.6) is 0 Å². The average molecular weight is 220 g/mol. The zero-order chi connectivity index (χ0) is 10.8. The summed E-state index contributed by atoms with van der Waals surface area (Å²) in [5, 5.41) is 3.09. The fraction of sp³-hybridized carbons (Fsp3) is 0.231. The Balaban J connectivity index is 2.57. The molecule has 1 atom stereocenters. The van der Waals surface area contributed by atoms with Crippen molar-refractivity contribution in [2.45, 2.75) is 12.8 Å². The van der Waals surface area contributed by atoms with Crippen molar-refractivity contribution in [2.75, 3.05) is 6.54 Å². The van der Waals surface area contributed by atoms with Gasteiger partial charge in [-0.15, -0.1) is 0 Å². The van der Waals surface area contributed by atoms with Crippen molar-refractivity contribution >= 4 is 22.4 Å². The molecule has 0 fully saturated rings. The molecule has 2 rings (SSSR count). The van der Waals surface area contributed by atoms with Crippen LogP contribution in [0.4, 0.5) is 0 Å². The van der Waals surface area contributed by atoms with Crippen LogP contribution in [-0.4, -0.2) is 6.54 Å². The van der Waals surface area contributed by atoms with Crippen molar-refractivity contribution in [1.29, 1.82) is 0 Å². The molecular weight excluding hydrogens is 206 g/mol. The second-order valence-corrected chi connectivity index (χ2v) is 4.26. The van der Waals surface area contributed by atoms with Crippen LogP contribution in [0.2, 0.25) is 5.02 Å². The summed E-state index contributed by atoms with van der Waals surface area (Å²) < 4.78 is 0. The first kappa shape index (κ1) is 10.5. The number of halogens is 1. The number of hydrogen-bond acceptors (Lipinski definition) is 1. The number of fused-ring (bicyclic) bond motifs is 1. The Morgan fingerprint density at radius 1 is 1.27 bits per heavy atom. The predicted molar refractivity (Wildman–Crippen MR) is 66.4 cm³/mol. The predicted octanol–water partition coefficient (Wildman–Crippen LogP) is 3.56. The maximum atomic E-state index is 6.10. The van der Waals surface area contributed by atoms with Gasteiger partial charge in [0.1, 0.15) is 0 Å². The molecule has 78 valence electrons. The van der Waals surface area contributed by atoms with Crippen LogP contribution in [0.1, 0.15) is 18.4 Å². The first-order chi connectivity index (χ1) is 7.22. The molecule has 0 saturated carbocycles. The summed E-state index contributed by atoms with van der Waals surface area (Å²) in [5.74, 6) is 0.397. The van der Waals surface area contributed by atoms with Gasteiger partial charge in [-0.2, -0.15) is 0 Å². The average Bonchev–Trinajstić information content (AvgIpc) is 2.28. The molecular formula is C13H14ClN. The molecule has 0 amide bonds. The van der Waals surface area contributed by atoms with Gasteiger partial charge in [0, 0.05) is 10.4 Å². The quantitative estimate of drug-likeness (QED) is 0.821. The van der Waals surface area contributed by atoms with Crippen LogP contribution in [0, 0.1) is 0 Å². The Morgan fingerprint density at radius 2 is 2.07 bits per heavy atom. The Morgan fingerprint density at radius 3 is 2.80 bits per heavy atom. The normalized spacial score (nSPS) is 13.0. The van der Waals surface area contributed by atoms with E-state index >= 15 is 0 Å². The lowest BCUT2D eigenvalue weighted by Crippen LogP contribution is -2.08. The SMILES string of the molecule is CC(CN)c1ccc2c(Cl)cccc2c1. The molecule has 0 aliphatic rings. The highest BCUT2D eigenvalue weighted by Gasteiger charge is 2.04. The molecule has 0 bridgehead atoms. The van der Waals surface area contributed by atoms with Crippen molar-refractivity contribution in [2.24, 2.45) is 5.73 Å². The minimum absolute atomic E-state index is 0.397. The van der Waals surface area contributed by atoms with E-state index in [9.17, 15) is 0 Å². The number of nitrogens with two attached hydrogens (primary N) is 1. The molecule has 2 aromatic rings. The topological polar surface area (TPSA) is 26.0 Å². The summed E-state index contributed by atoms with van der Waals surface area (Å²) in [7, 11) is 0. The van der Waals surface area contributed by atoms with Crippen molar-refractivity contribution in [1.82, 2.24) is 0 Å². The largest absolute Gasteiger partial charge is 0.330 e. The zero-order valence-corrected chi connectivity index (χ0v) is 9.46. The standard InChI is InChI=1S/C13H14ClN/c1-9(8-15)10-5-6-12-11(7-10)3-2-4-13(12)14/h2-7,9H,8,15H2,1H3. The second kappa shape index (κ2) is 4.21. The highest BCUT2D eigenvalue weighted by Crippen LogP contribution is 2.26. The summed E-state index contributed by atoms with van der Waals surface area (Å²) in [4.78, 5) is 0. The van der Waals surface area contributed by atoms with E-state index in [0.717, 1.165) is 10.4 Å². The summed E-state index contributed by atoms with van der Waals surface area (Å²) in [5.41, 5.74) is 6.92. The minimum Gasteiger partial charge on any atom is -0.330 e. The van der Waals surface area contributed by atoms with Gasteiger partial charge in [0.2, 0.25) is 0 Å². The van der Waals surface area contributed by atoms with E-state index in [0.29, 0.717) is 12.5 Å². The molecule has 0 saturated heterocycles. The van der Waals surface area contributed by atoms with E-state index in [1.165, 1.54) is 10.9 Å². The first-order valence-electron chi connectivity index (χ1n) is 5.10. The number of rotatable bonds is 2. The second-order valence-electron chi connectivity index (χ2n) is 3.86. The van der Waals surface area contributed by atoms with Crippen LogP contribution in [0.3, 0.4) is 0 Å². The molecule has 0 aliphatic heterocycles. The lowest BCUT2D eigenvalue weighted by atomic mass is 9.98. The van der Waals surface area contributed by atoms with Crippen LogP contribution < -0.4 is 5.73 Å². The third-order valence-electron chi connectivity index (χ3n) is 2.77. The molecule has 0 aromatic heterocycles. The van der Waals surface area contributed by atoms with Gasteiger partial charge in [0.25, 0.3) is 0 Å².